The van der Waals surface area contributed by atoms with Crippen LogP contribution in [0.15, 0.2) is 48.0 Å². The molecule has 2 heterocycles. The molecule has 0 N–H and O–H groups in total. The first kappa shape index (κ1) is 15.3. The molecule has 1 aliphatic carbocycles. The van der Waals surface area contributed by atoms with Gasteiger partial charge < -0.3 is 14.2 Å². The monoisotopic (exact) mass is 346 g/mol. The maximum Gasteiger partial charge on any atom is 0.343 e. The summed E-state index contributed by atoms with van der Waals surface area (Å²) in [6.07, 6.45) is 8.36. The zero-order valence-electron chi connectivity index (χ0n) is 14.3. The molecule has 0 atom stereocenters. The van der Waals surface area contributed by atoms with E-state index in [9.17, 15) is 4.79 Å². The van der Waals surface area contributed by atoms with Gasteiger partial charge in [0.05, 0.1) is 5.57 Å². The number of carbonyl (C=O) groups is 1. The average Bonchev–Trinajstić information content (AvgIpc) is 3.28. The van der Waals surface area contributed by atoms with E-state index in [2.05, 4.69) is 12.1 Å². The van der Waals surface area contributed by atoms with Crippen molar-refractivity contribution in [2.45, 2.75) is 25.7 Å². The number of fused-ring (bicyclic) bond motifs is 2. The number of hydrogen-bond donors (Lipinski definition) is 0. The van der Waals surface area contributed by atoms with Crippen molar-refractivity contribution in [2.24, 2.45) is 0 Å². The molecule has 4 heteroatoms. The molecular weight excluding hydrogens is 328 g/mol. The van der Waals surface area contributed by atoms with Gasteiger partial charge in [0.1, 0.15) is 5.76 Å². The van der Waals surface area contributed by atoms with Crippen LogP contribution in [0.25, 0.3) is 11.8 Å². The predicted octanol–water partition coefficient (Wildman–Crippen LogP) is 4.28. The van der Waals surface area contributed by atoms with Crippen molar-refractivity contribution in [2.75, 3.05) is 6.79 Å². The Kier molecular flexibility index (Phi) is 3.56. The molecule has 4 nitrogen and oxygen atoms in total. The van der Waals surface area contributed by atoms with Crippen LogP contribution in [0.3, 0.4) is 0 Å². The van der Waals surface area contributed by atoms with Gasteiger partial charge in [-0.15, -0.1) is 0 Å². The Bertz CT molecular complexity index is 968. The van der Waals surface area contributed by atoms with Gasteiger partial charge in [0.2, 0.25) is 6.79 Å². The molecule has 0 saturated heterocycles. The summed E-state index contributed by atoms with van der Waals surface area (Å²) in [5.41, 5.74) is 5.17. The van der Waals surface area contributed by atoms with E-state index in [0.29, 0.717) is 17.1 Å². The fourth-order valence-electron chi connectivity index (χ4n) is 3.70. The first-order valence-corrected chi connectivity index (χ1v) is 8.94. The van der Waals surface area contributed by atoms with E-state index in [1.54, 1.807) is 0 Å². The van der Waals surface area contributed by atoms with Crippen molar-refractivity contribution >= 4 is 17.8 Å². The summed E-state index contributed by atoms with van der Waals surface area (Å²) in [5.74, 6) is 1.72. The van der Waals surface area contributed by atoms with Crippen LogP contribution in [-0.4, -0.2) is 12.8 Å². The minimum atomic E-state index is -0.324. The van der Waals surface area contributed by atoms with E-state index in [0.717, 1.165) is 29.7 Å². The molecule has 5 rings (SSSR count). The lowest BCUT2D eigenvalue weighted by molar-refractivity contribution is -0.130. The van der Waals surface area contributed by atoms with Crippen molar-refractivity contribution in [1.82, 2.24) is 0 Å². The topological polar surface area (TPSA) is 44.8 Å². The van der Waals surface area contributed by atoms with E-state index >= 15 is 0 Å². The van der Waals surface area contributed by atoms with Crippen LogP contribution >= 0.6 is 0 Å². The summed E-state index contributed by atoms with van der Waals surface area (Å²) in [6, 6.07) is 12.0. The molecule has 26 heavy (non-hydrogen) atoms. The lowest BCUT2D eigenvalue weighted by atomic mass is 9.90. The zero-order chi connectivity index (χ0) is 17.5. The third-order valence-electron chi connectivity index (χ3n) is 5.08. The number of cyclic esters (lactones) is 1. The standard InChI is InChI=1S/C22H18O4/c23-22-18(9-14-5-8-19-21(10-14)25-13-24-19)12-20(26-22)17-7-6-15-3-1-2-4-16(15)11-17/h5-12H,1-4,13H2. The Morgan fingerprint density at radius 2 is 1.73 bits per heavy atom. The Balaban J connectivity index is 1.46. The Morgan fingerprint density at radius 1 is 0.885 bits per heavy atom. The third kappa shape index (κ3) is 2.68. The molecule has 3 aliphatic rings. The van der Waals surface area contributed by atoms with Crippen LogP contribution in [0, 0.1) is 0 Å². The molecule has 0 spiro atoms. The van der Waals surface area contributed by atoms with Crippen LogP contribution in [0.2, 0.25) is 0 Å². The molecular formula is C22H18O4. The highest BCUT2D eigenvalue weighted by molar-refractivity contribution is 6.05. The number of aryl methyl sites for hydroxylation is 2. The predicted molar refractivity (Wildman–Crippen MR) is 97.7 cm³/mol. The first-order valence-electron chi connectivity index (χ1n) is 8.94. The Morgan fingerprint density at radius 3 is 2.65 bits per heavy atom. The van der Waals surface area contributed by atoms with Crippen LogP contribution in [0.5, 0.6) is 11.5 Å². The maximum atomic E-state index is 12.3. The summed E-state index contributed by atoms with van der Waals surface area (Å²) in [5, 5.41) is 0. The minimum Gasteiger partial charge on any atom is -0.454 e. The molecule has 2 aromatic carbocycles. The number of rotatable bonds is 2. The second kappa shape index (κ2) is 6.06. The highest BCUT2D eigenvalue weighted by Gasteiger charge is 2.23. The molecule has 0 unspecified atom stereocenters. The first-order chi connectivity index (χ1) is 12.8. The second-order valence-electron chi connectivity index (χ2n) is 6.80. The number of benzene rings is 2. The van der Waals surface area contributed by atoms with Crippen LogP contribution < -0.4 is 9.47 Å². The number of hydrogen-bond acceptors (Lipinski definition) is 4. The largest absolute Gasteiger partial charge is 0.454 e. The SMILES string of the molecule is O=C1OC(c2ccc3c(c2)CCCC3)=CC1=Cc1ccc2c(c1)OCO2. The minimum absolute atomic E-state index is 0.236. The van der Waals surface area contributed by atoms with Gasteiger partial charge in [0, 0.05) is 5.56 Å². The van der Waals surface area contributed by atoms with Gasteiger partial charge in [-0.25, -0.2) is 4.79 Å². The van der Waals surface area contributed by atoms with Gasteiger partial charge in [0.25, 0.3) is 0 Å². The van der Waals surface area contributed by atoms with E-state index in [1.807, 2.05) is 36.4 Å². The van der Waals surface area contributed by atoms with Crippen molar-refractivity contribution in [1.29, 1.82) is 0 Å². The number of ether oxygens (including phenoxy) is 3. The number of esters is 1. The average molecular weight is 346 g/mol. The smallest absolute Gasteiger partial charge is 0.343 e. The Hall–Kier alpha value is -3.01. The fraction of sp³-hybridized carbons (Fsp3) is 0.227. The van der Waals surface area contributed by atoms with Gasteiger partial charge in [-0.2, -0.15) is 0 Å². The van der Waals surface area contributed by atoms with E-state index in [4.69, 9.17) is 14.2 Å². The summed E-state index contributed by atoms with van der Waals surface area (Å²) >= 11 is 0. The molecule has 0 bridgehead atoms. The van der Waals surface area contributed by atoms with Gasteiger partial charge in [-0.1, -0.05) is 18.2 Å². The third-order valence-corrected chi connectivity index (χ3v) is 5.08. The van der Waals surface area contributed by atoms with Gasteiger partial charge in [-0.3, -0.25) is 0 Å². The summed E-state index contributed by atoms with van der Waals surface area (Å²) < 4.78 is 16.2. The zero-order valence-corrected chi connectivity index (χ0v) is 14.3. The van der Waals surface area contributed by atoms with Gasteiger partial charge in [-0.05, 0) is 72.7 Å². The summed E-state index contributed by atoms with van der Waals surface area (Å²) in [6.45, 7) is 0.236. The quantitative estimate of drug-likeness (QED) is 0.601. The second-order valence-corrected chi connectivity index (χ2v) is 6.80. The maximum absolute atomic E-state index is 12.3. The van der Waals surface area contributed by atoms with Crippen LogP contribution in [0.1, 0.15) is 35.1 Å². The molecule has 0 radical (unpaired) electrons. The lowest BCUT2D eigenvalue weighted by Gasteiger charge is -2.16. The number of carbonyl (C=O) groups excluding carboxylic acids is 1. The highest BCUT2D eigenvalue weighted by Crippen LogP contribution is 2.34. The van der Waals surface area contributed by atoms with E-state index in [-0.39, 0.29) is 12.8 Å². The normalized spacial score (nSPS) is 19.3. The van der Waals surface area contributed by atoms with E-state index < -0.39 is 0 Å². The van der Waals surface area contributed by atoms with Gasteiger partial charge >= 0.3 is 5.97 Å². The fourth-order valence-corrected chi connectivity index (χ4v) is 3.70. The van der Waals surface area contributed by atoms with Crippen molar-refractivity contribution in [3.05, 3.63) is 70.3 Å². The summed E-state index contributed by atoms with van der Waals surface area (Å²) in [4.78, 5) is 12.3. The molecule has 130 valence electrons. The molecule has 0 amide bonds. The van der Waals surface area contributed by atoms with Crippen molar-refractivity contribution < 1.29 is 19.0 Å². The molecule has 0 fully saturated rings. The highest BCUT2D eigenvalue weighted by atomic mass is 16.7. The molecule has 2 aromatic rings. The summed E-state index contributed by atoms with van der Waals surface area (Å²) in [7, 11) is 0. The van der Waals surface area contributed by atoms with E-state index in [1.165, 1.54) is 24.0 Å². The van der Waals surface area contributed by atoms with Gasteiger partial charge in [0.15, 0.2) is 11.5 Å². The van der Waals surface area contributed by atoms with Crippen LogP contribution in [-0.2, 0) is 22.4 Å². The molecule has 0 aromatic heterocycles. The molecule has 2 aliphatic heterocycles. The Labute approximate surface area is 151 Å². The lowest BCUT2D eigenvalue weighted by Crippen LogP contribution is -2.03. The molecule has 0 saturated carbocycles. The van der Waals surface area contributed by atoms with Crippen LogP contribution in [0.4, 0.5) is 0 Å². The van der Waals surface area contributed by atoms with Crippen molar-refractivity contribution in [3.63, 3.8) is 0 Å². The van der Waals surface area contributed by atoms with Crippen molar-refractivity contribution in [3.8, 4) is 11.5 Å².